The van der Waals surface area contributed by atoms with E-state index in [1.54, 1.807) is 11.8 Å². The summed E-state index contributed by atoms with van der Waals surface area (Å²) in [5, 5.41) is 8.07. The lowest BCUT2D eigenvalue weighted by Crippen LogP contribution is -2.58. The molecule has 0 aromatic carbocycles. The molecular weight excluding hydrogens is 276 g/mol. The van der Waals surface area contributed by atoms with Crippen molar-refractivity contribution >= 4 is 17.9 Å². The van der Waals surface area contributed by atoms with Crippen molar-refractivity contribution < 1.29 is 19.1 Å². The summed E-state index contributed by atoms with van der Waals surface area (Å²) in [4.78, 5) is 36.9. The van der Waals surface area contributed by atoms with Crippen LogP contribution in [-0.4, -0.2) is 67.7 Å². The molecule has 0 aromatic rings. The molecule has 0 radical (unpaired) electrons. The number of hydrogen-bond donors (Lipinski definition) is 3. The Morgan fingerprint density at radius 1 is 1.33 bits per heavy atom. The van der Waals surface area contributed by atoms with E-state index in [1.807, 2.05) is 0 Å². The minimum absolute atomic E-state index is 0.00322. The minimum atomic E-state index is -0.490. The van der Waals surface area contributed by atoms with Gasteiger partial charge in [0.2, 0.25) is 5.91 Å². The largest absolute Gasteiger partial charge is 0.465 e. The van der Waals surface area contributed by atoms with Gasteiger partial charge in [0.25, 0.3) is 0 Å². The molecule has 2 fully saturated rings. The standard InChI is InChI=1S/C13H22N4O4/c1-2-21-12(19)10-7-14-5-6-17(10)8-11(18)16-13(20)15-9-3-4-9/h9-10,14H,2-8H2,1H3,(H2,15,16,18,20). The molecule has 1 heterocycles. The van der Waals surface area contributed by atoms with Crippen molar-refractivity contribution in [1.29, 1.82) is 0 Å². The molecule has 0 bridgehead atoms. The summed E-state index contributed by atoms with van der Waals surface area (Å²) >= 11 is 0. The van der Waals surface area contributed by atoms with Crippen molar-refractivity contribution in [3.05, 3.63) is 0 Å². The van der Waals surface area contributed by atoms with E-state index in [9.17, 15) is 14.4 Å². The molecule has 1 saturated heterocycles. The van der Waals surface area contributed by atoms with Gasteiger partial charge in [0.05, 0.1) is 13.2 Å². The summed E-state index contributed by atoms with van der Waals surface area (Å²) in [6.07, 6.45) is 1.93. The number of carbonyl (C=O) groups excluding carboxylic acids is 3. The Kier molecular flexibility index (Phi) is 5.51. The number of imide groups is 1. The van der Waals surface area contributed by atoms with E-state index in [2.05, 4.69) is 16.0 Å². The van der Waals surface area contributed by atoms with Gasteiger partial charge in [0.1, 0.15) is 6.04 Å². The molecule has 1 unspecified atom stereocenters. The van der Waals surface area contributed by atoms with Gasteiger partial charge in [-0.25, -0.2) is 4.79 Å². The van der Waals surface area contributed by atoms with Crippen LogP contribution >= 0.6 is 0 Å². The van der Waals surface area contributed by atoms with E-state index in [1.165, 1.54) is 0 Å². The Balaban J connectivity index is 1.81. The van der Waals surface area contributed by atoms with Gasteiger partial charge in [-0.3, -0.25) is 19.8 Å². The van der Waals surface area contributed by atoms with Crippen LogP contribution in [0.5, 0.6) is 0 Å². The molecule has 1 aliphatic carbocycles. The molecule has 8 heteroatoms. The van der Waals surface area contributed by atoms with Crippen molar-refractivity contribution in [2.24, 2.45) is 0 Å². The van der Waals surface area contributed by atoms with Crippen molar-refractivity contribution in [2.75, 3.05) is 32.8 Å². The number of hydrogen-bond acceptors (Lipinski definition) is 6. The SMILES string of the molecule is CCOC(=O)C1CNCCN1CC(=O)NC(=O)NC1CC1. The number of esters is 1. The lowest BCUT2D eigenvalue weighted by Gasteiger charge is -2.33. The first-order valence-corrected chi connectivity index (χ1v) is 7.32. The fourth-order valence-electron chi connectivity index (χ4n) is 2.21. The van der Waals surface area contributed by atoms with Gasteiger partial charge in [-0.05, 0) is 19.8 Å². The van der Waals surface area contributed by atoms with E-state index < -0.39 is 18.0 Å². The predicted octanol–water partition coefficient (Wildman–Crippen LogP) is -1.19. The maximum absolute atomic E-state index is 11.9. The second-order valence-corrected chi connectivity index (χ2v) is 5.24. The highest BCUT2D eigenvalue weighted by Crippen LogP contribution is 2.18. The molecule has 0 aromatic heterocycles. The Hall–Kier alpha value is -1.67. The highest BCUT2D eigenvalue weighted by molar-refractivity contribution is 5.95. The second-order valence-electron chi connectivity index (χ2n) is 5.24. The molecule has 1 atom stereocenters. The molecule has 1 saturated carbocycles. The maximum atomic E-state index is 11.9. The normalized spacial score (nSPS) is 22.4. The topological polar surface area (TPSA) is 99.8 Å². The van der Waals surface area contributed by atoms with Gasteiger partial charge in [-0.15, -0.1) is 0 Å². The van der Waals surface area contributed by atoms with Crippen LogP contribution < -0.4 is 16.0 Å². The first-order valence-electron chi connectivity index (χ1n) is 7.32. The number of nitrogens with one attached hydrogen (secondary N) is 3. The van der Waals surface area contributed by atoms with Crippen molar-refractivity contribution in [3.63, 3.8) is 0 Å². The van der Waals surface area contributed by atoms with E-state index in [-0.39, 0.29) is 18.6 Å². The number of urea groups is 1. The predicted molar refractivity (Wildman–Crippen MR) is 74.6 cm³/mol. The Labute approximate surface area is 123 Å². The monoisotopic (exact) mass is 298 g/mol. The highest BCUT2D eigenvalue weighted by Gasteiger charge is 2.31. The van der Waals surface area contributed by atoms with Gasteiger partial charge in [-0.1, -0.05) is 0 Å². The lowest BCUT2D eigenvalue weighted by atomic mass is 10.2. The summed E-state index contributed by atoms with van der Waals surface area (Å²) in [5.74, 6) is -0.760. The van der Waals surface area contributed by atoms with Crippen LogP contribution in [0.4, 0.5) is 4.79 Å². The molecule has 1 aliphatic heterocycles. The van der Waals surface area contributed by atoms with E-state index in [4.69, 9.17) is 4.74 Å². The van der Waals surface area contributed by atoms with Crippen molar-refractivity contribution in [2.45, 2.75) is 31.8 Å². The summed E-state index contributed by atoms with van der Waals surface area (Å²) in [6, 6.07) is -0.759. The number of nitrogens with zero attached hydrogens (tertiary/aromatic N) is 1. The van der Waals surface area contributed by atoms with E-state index in [0.29, 0.717) is 26.2 Å². The number of rotatable bonds is 5. The second kappa shape index (κ2) is 7.37. The van der Waals surface area contributed by atoms with Gasteiger partial charge in [0, 0.05) is 25.7 Å². The van der Waals surface area contributed by atoms with Gasteiger partial charge >= 0.3 is 12.0 Å². The first-order chi connectivity index (χ1) is 10.1. The van der Waals surface area contributed by atoms with E-state index >= 15 is 0 Å². The molecule has 2 rings (SSSR count). The molecule has 2 aliphatic rings. The average Bonchev–Trinajstić information content (AvgIpc) is 3.23. The average molecular weight is 298 g/mol. The number of carbonyl (C=O) groups is 3. The number of amides is 3. The van der Waals surface area contributed by atoms with Crippen LogP contribution in [0.15, 0.2) is 0 Å². The Morgan fingerprint density at radius 3 is 2.76 bits per heavy atom. The zero-order chi connectivity index (χ0) is 15.2. The summed E-state index contributed by atoms with van der Waals surface area (Å²) < 4.78 is 5.00. The molecule has 118 valence electrons. The molecular formula is C13H22N4O4. The molecule has 0 spiro atoms. The van der Waals surface area contributed by atoms with Crippen LogP contribution in [0.1, 0.15) is 19.8 Å². The maximum Gasteiger partial charge on any atom is 0.324 e. The third-order valence-corrected chi connectivity index (χ3v) is 3.43. The number of ether oxygens (including phenoxy) is 1. The van der Waals surface area contributed by atoms with Crippen LogP contribution in [0.25, 0.3) is 0 Å². The molecule has 3 N–H and O–H groups in total. The zero-order valence-corrected chi connectivity index (χ0v) is 12.2. The quantitative estimate of drug-likeness (QED) is 0.552. The van der Waals surface area contributed by atoms with Gasteiger partial charge in [0.15, 0.2) is 0 Å². The third-order valence-electron chi connectivity index (χ3n) is 3.43. The van der Waals surface area contributed by atoms with Crippen molar-refractivity contribution in [1.82, 2.24) is 20.9 Å². The van der Waals surface area contributed by atoms with Crippen LogP contribution in [-0.2, 0) is 14.3 Å². The highest BCUT2D eigenvalue weighted by atomic mass is 16.5. The minimum Gasteiger partial charge on any atom is -0.465 e. The van der Waals surface area contributed by atoms with Crippen molar-refractivity contribution in [3.8, 4) is 0 Å². The first kappa shape index (κ1) is 15.7. The Morgan fingerprint density at radius 2 is 2.10 bits per heavy atom. The van der Waals surface area contributed by atoms with Crippen LogP contribution in [0.2, 0.25) is 0 Å². The molecule has 3 amide bonds. The smallest absolute Gasteiger partial charge is 0.324 e. The fourth-order valence-corrected chi connectivity index (χ4v) is 2.21. The molecule has 21 heavy (non-hydrogen) atoms. The lowest BCUT2D eigenvalue weighted by molar-refractivity contribution is -0.150. The van der Waals surface area contributed by atoms with Crippen LogP contribution in [0, 0.1) is 0 Å². The zero-order valence-electron chi connectivity index (χ0n) is 12.2. The summed E-state index contributed by atoms with van der Waals surface area (Å²) in [5.41, 5.74) is 0. The van der Waals surface area contributed by atoms with Gasteiger partial charge < -0.3 is 15.4 Å². The number of piperazine rings is 1. The molecule has 8 nitrogen and oxygen atoms in total. The summed E-state index contributed by atoms with van der Waals surface area (Å²) in [6.45, 7) is 3.74. The van der Waals surface area contributed by atoms with E-state index in [0.717, 1.165) is 12.8 Å². The van der Waals surface area contributed by atoms with Gasteiger partial charge in [-0.2, -0.15) is 0 Å². The fraction of sp³-hybridized carbons (Fsp3) is 0.769. The van der Waals surface area contributed by atoms with Crippen LogP contribution in [0.3, 0.4) is 0 Å². The summed E-state index contributed by atoms with van der Waals surface area (Å²) in [7, 11) is 0. The third kappa shape index (κ3) is 4.98. The Bertz CT molecular complexity index is 411.